The number of benzene rings is 3. The molecule has 3 rings (SSSR count). The third-order valence-electron chi connectivity index (χ3n) is 3.81. The summed E-state index contributed by atoms with van der Waals surface area (Å²) in [5.74, 6) is -0.756. The molecule has 4 heteroatoms. The number of halogens is 1. The van der Waals surface area contributed by atoms with Gasteiger partial charge >= 0.3 is 0 Å². The summed E-state index contributed by atoms with van der Waals surface area (Å²) >= 11 is 0. The number of allylic oxidation sites excluding steroid dienone is 1. The number of carbonyl (C=O) groups excluding carboxylic acids is 2. The zero-order chi connectivity index (χ0) is 18.4. The fraction of sp³-hybridized carbons (Fsp3) is 0. The van der Waals surface area contributed by atoms with E-state index in [4.69, 9.17) is 0 Å². The van der Waals surface area contributed by atoms with Crippen molar-refractivity contribution in [3.8, 4) is 0 Å². The first-order valence-electron chi connectivity index (χ1n) is 8.07. The van der Waals surface area contributed by atoms with E-state index < -0.39 is 5.82 Å². The normalized spacial score (nSPS) is 10.7. The lowest BCUT2D eigenvalue weighted by Gasteiger charge is -2.08. The Morgan fingerprint density at radius 2 is 1.42 bits per heavy atom. The van der Waals surface area contributed by atoms with Gasteiger partial charge in [0.1, 0.15) is 5.82 Å². The van der Waals surface area contributed by atoms with Crippen LogP contribution in [0.1, 0.15) is 26.3 Å². The summed E-state index contributed by atoms with van der Waals surface area (Å²) in [5.41, 5.74) is 2.09. The Morgan fingerprint density at radius 1 is 0.769 bits per heavy atom. The minimum absolute atomic E-state index is 0.105. The minimum Gasteiger partial charge on any atom is -0.361 e. The topological polar surface area (TPSA) is 46.2 Å². The van der Waals surface area contributed by atoms with Crippen LogP contribution < -0.4 is 5.32 Å². The second-order valence-corrected chi connectivity index (χ2v) is 5.59. The van der Waals surface area contributed by atoms with Gasteiger partial charge in [-0.15, -0.1) is 0 Å². The van der Waals surface area contributed by atoms with Gasteiger partial charge < -0.3 is 5.32 Å². The van der Waals surface area contributed by atoms with Crippen LogP contribution in [0.4, 0.5) is 10.1 Å². The van der Waals surface area contributed by atoms with Crippen LogP contribution in [0.25, 0.3) is 0 Å². The van der Waals surface area contributed by atoms with Crippen molar-refractivity contribution < 1.29 is 14.0 Å². The lowest BCUT2D eigenvalue weighted by atomic mass is 10.0. The molecule has 3 aromatic carbocycles. The molecular weight excluding hydrogens is 329 g/mol. The molecular formula is C22H16FNO2. The smallest absolute Gasteiger partial charge is 0.195 e. The summed E-state index contributed by atoms with van der Waals surface area (Å²) in [6.45, 7) is 0. The summed E-state index contributed by atoms with van der Waals surface area (Å²) in [6, 6.07) is 21.4. The fourth-order valence-corrected chi connectivity index (χ4v) is 2.47. The molecule has 128 valence electrons. The van der Waals surface area contributed by atoms with E-state index in [1.807, 2.05) is 18.2 Å². The number of rotatable bonds is 6. The van der Waals surface area contributed by atoms with Crippen LogP contribution in [-0.4, -0.2) is 11.6 Å². The first kappa shape index (κ1) is 17.3. The lowest BCUT2D eigenvalue weighted by Crippen LogP contribution is -2.05. The maximum absolute atomic E-state index is 12.9. The van der Waals surface area contributed by atoms with Crippen LogP contribution >= 0.6 is 0 Å². The van der Waals surface area contributed by atoms with E-state index in [2.05, 4.69) is 5.32 Å². The van der Waals surface area contributed by atoms with Gasteiger partial charge in [0.2, 0.25) is 0 Å². The average molecular weight is 345 g/mol. The van der Waals surface area contributed by atoms with E-state index in [0.717, 1.165) is 0 Å². The van der Waals surface area contributed by atoms with Gasteiger partial charge in [-0.25, -0.2) is 4.39 Å². The molecule has 1 N–H and O–H groups in total. The van der Waals surface area contributed by atoms with E-state index in [9.17, 15) is 14.0 Å². The molecule has 0 amide bonds. The van der Waals surface area contributed by atoms with Crippen LogP contribution in [0.5, 0.6) is 0 Å². The highest BCUT2D eigenvalue weighted by molar-refractivity contribution is 6.12. The second-order valence-electron chi connectivity index (χ2n) is 5.59. The van der Waals surface area contributed by atoms with Gasteiger partial charge in [0.25, 0.3) is 0 Å². The minimum atomic E-state index is -0.392. The van der Waals surface area contributed by atoms with Crippen LogP contribution in [0.2, 0.25) is 0 Å². The number of anilines is 1. The molecule has 0 saturated carbocycles. The third-order valence-corrected chi connectivity index (χ3v) is 3.81. The molecule has 0 radical (unpaired) electrons. The summed E-state index contributed by atoms with van der Waals surface area (Å²) in [4.78, 5) is 24.7. The molecule has 0 aromatic heterocycles. The van der Waals surface area contributed by atoms with Gasteiger partial charge in [-0.05, 0) is 36.4 Å². The summed E-state index contributed by atoms with van der Waals surface area (Å²) in [5, 5.41) is 2.98. The monoisotopic (exact) mass is 345 g/mol. The number of nitrogens with one attached hydrogen (secondary N) is 1. The first-order chi connectivity index (χ1) is 12.6. The number of hydrogen-bond donors (Lipinski definition) is 1. The molecule has 0 saturated heterocycles. The third kappa shape index (κ3) is 4.11. The molecule has 0 unspecified atom stereocenters. The van der Waals surface area contributed by atoms with Crippen LogP contribution in [0.15, 0.2) is 91.1 Å². The van der Waals surface area contributed by atoms with Gasteiger partial charge in [-0.1, -0.05) is 42.5 Å². The largest absolute Gasteiger partial charge is 0.361 e. The molecule has 3 nitrogen and oxygen atoms in total. The molecule has 26 heavy (non-hydrogen) atoms. The molecule has 0 aliphatic carbocycles. The Morgan fingerprint density at radius 3 is 2.15 bits per heavy atom. The van der Waals surface area contributed by atoms with Crippen molar-refractivity contribution in [3.63, 3.8) is 0 Å². The Bertz CT molecular complexity index is 947. The quantitative estimate of drug-likeness (QED) is 0.512. The average Bonchev–Trinajstić information content (AvgIpc) is 2.69. The maximum Gasteiger partial charge on any atom is 0.195 e. The molecule has 0 heterocycles. The lowest BCUT2D eigenvalue weighted by molar-refractivity contribution is 0.103. The van der Waals surface area contributed by atoms with Crippen molar-refractivity contribution in [3.05, 3.63) is 114 Å². The fourth-order valence-electron chi connectivity index (χ4n) is 2.47. The zero-order valence-electron chi connectivity index (χ0n) is 13.9. The Labute approximate surface area is 150 Å². The highest BCUT2D eigenvalue weighted by atomic mass is 19.1. The molecule has 0 bridgehead atoms. The van der Waals surface area contributed by atoms with Gasteiger partial charge in [0.05, 0.1) is 0 Å². The summed E-state index contributed by atoms with van der Waals surface area (Å²) in [6.07, 6.45) is 2.82. The van der Waals surface area contributed by atoms with Gasteiger partial charge in [-0.3, -0.25) is 9.59 Å². The Kier molecular flexibility index (Phi) is 5.34. The number of ketones is 2. The van der Waals surface area contributed by atoms with E-state index in [1.165, 1.54) is 36.5 Å². The molecule has 0 spiro atoms. The highest BCUT2D eigenvalue weighted by Crippen LogP contribution is 2.19. The van der Waals surface area contributed by atoms with Gasteiger partial charge in [0.15, 0.2) is 11.6 Å². The number of carbonyl (C=O) groups is 2. The first-order valence-corrected chi connectivity index (χ1v) is 8.07. The zero-order valence-corrected chi connectivity index (χ0v) is 13.9. The molecule has 3 aromatic rings. The van der Waals surface area contributed by atoms with E-state index in [-0.39, 0.29) is 11.6 Å². The van der Waals surface area contributed by atoms with E-state index in [1.54, 1.807) is 36.4 Å². The van der Waals surface area contributed by atoms with Gasteiger partial charge in [-0.2, -0.15) is 0 Å². The van der Waals surface area contributed by atoms with Gasteiger partial charge in [0, 0.05) is 34.7 Å². The predicted octanol–water partition coefficient (Wildman–Crippen LogP) is 4.87. The van der Waals surface area contributed by atoms with Crippen molar-refractivity contribution in [2.75, 3.05) is 5.32 Å². The number of hydrogen-bond acceptors (Lipinski definition) is 3. The Hall–Kier alpha value is -3.53. The second kappa shape index (κ2) is 8.03. The Balaban J connectivity index is 1.75. The number of para-hydroxylation sites is 1. The molecule has 0 atom stereocenters. The van der Waals surface area contributed by atoms with Crippen LogP contribution in [-0.2, 0) is 0 Å². The maximum atomic E-state index is 12.9. The summed E-state index contributed by atoms with van der Waals surface area (Å²) < 4.78 is 12.9. The van der Waals surface area contributed by atoms with Crippen molar-refractivity contribution in [1.29, 1.82) is 0 Å². The SMILES string of the molecule is O=C(/C=C/Nc1ccccc1C(=O)c1ccccc1)c1ccc(F)cc1. The molecule has 0 fully saturated rings. The van der Waals surface area contributed by atoms with Crippen molar-refractivity contribution in [2.24, 2.45) is 0 Å². The van der Waals surface area contributed by atoms with Crippen LogP contribution in [0, 0.1) is 5.82 Å². The summed E-state index contributed by atoms with van der Waals surface area (Å²) in [7, 11) is 0. The van der Waals surface area contributed by atoms with Crippen molar-refractivity contribution >= 4 is 17.3 Å². The van der Waals surface area contributed by atoms with Crippen molar-refractivity contribution in [1.82, 2.24) is 0 Å². The van der Waals surface area contributed by atoms with E-state index in [0.29, 0.717) is 22.4 Å². The van der Waals surface area contributed by atoms with Crippen molar-refractivity contribution in [2.45, 2.75) is 0 Å². The predicted molar refractivity (Wildman–Crippen MR) is 99.8 cm³/mol. The standard InChI is InChI=1S/C22H16FNO2/c23-18-12-10-16(11-13-18)21(25)14-15-24-20-9-5-4-8-19(20)22(26)17-6-2-1-3-7-17/h1-15,24H/b15-14+. The van der Waals surface area contributed by atoms with Crippen LogP contribution in [0.3, 0.4) is 0 Å². The highest BCUT2D eigenvalue weighted by Gasteiger charge is 2.12. The van der Waals surface area contributed by atoms with E-state index >= 15 is 0 Å². The molecule has 0 aliphatic heterocycles. The molecule has 0 aliphatic rings.